The second kappa shape index (κ2) is 15.5. The zero-order chi connectivity index (χ0) is 35.2. The van der Waals surface area contributed by atoms with Crippen molar-refractivity contribution in [2.45, 2.75) is 77.6 Å². The van der Waals surface area contributed by atoms with Crippen LogP contribution >= 0.6 is 11.6 Å². The zero-order valence-corrected chi connectivity index (χ0v) is 29.3. The van der Waals surface area contributed by atoms with Gasteiger partial charge in [0.25, 0.3) is 0 Å². The Balaban J connectivity index is 1.51. The van der Waals surface area contributed by atoms with Gasteiger partial charge in [0.05, 0.1) is 24.1 Å². The molecule has 2 saturated heterocycles. The number of piperazine rings is 2. The summed E-state index contributed by atoms with van der Waals surface area (Å²) in [7, 11) is 0. The van der Waals surface area contributed by atoms with Gasteiger partial charge in [0.1, 0.15) is 23.2 Å². The molecule has 0 N–H and O–H groups in total. The molecule has 0 saturated carbocycles. The number of hydrogen-bond acceptors (Lipinski definition) is 8. The summed E-state index contributed by atoms with van der Waals surface area (Å²) in [4.78, 5) is 60.5. The highest BCUT2D eigenvalue weighted by atomic mass is 35.5. The van der Waals surface area contributed by atoms with Gasteiger partial charge >= 0.3 is 12.2 Å². The van der Waals surface area contributed by atoms with Crippen molar-refractivity contribution >= 4 is 35.7 Å². The molecule has 0 bridgehead atoms. The van der Waals surface area contributed by atoms with E-state index in [0.29, 0.717) is 30.9 Å². The van der Waals surface area contributed by atoms with Crippen LogP contribution in [0.2, 0.25) is 5.02 Å². The molecule has 2 fully saturated rings. The lowest BCUT2D eigenvalue weighted by atomic mass is 10.0. The first-order valence-corrected chi connectivity index (χ1v) is 16.6. The molecular weight excluding hydrogens is 643 g/mol. The molecule has 0 spiro atoms. The molecule has 2 aromatic rings. The van der Waals surface area contributed by atoms with Gasteiger partial charge in [-0.1, -0.05) is 35.9 Å². The monoisotopic (exact) mass is 688 g/mol. The lowest BCUT2D eigenvalue weighted by Crippen LogP contribution is -2.66. The first-order valence-electron chi connectivity index (χ1n) is 16.2. The Morgan fingerprint density at radius 3 is 2.23 bits per heavy atom. The fourth-order valence-electron chi connectivity index (χ4n) is 5.80. The summed E-state index contributed by atoms with van der Waals surface area (Å²) in [5.41, 5.74) is -0.518. The van der Waals surface area contributed by atoms with Crippen molar-refractivity contribution in [2.24, 2.45) is 0 Å². The van der Waals surface area contributed by atoms with E-state index < -0.39 is 35.8 Å². The maximum absolute atomic E-state index is 14.3. The minimum absolute atomic E-state index is 0.0381. The Labute approximate surface area is 286 Å². The summed E-state index contributed by atoms with van der Waals surface area (Å²) in [6.45, 7) is 13.2. The van der Waals surface area contributed by atoms with Crippen LogP contribution in [0.4, 0.5) is 14.0 Å². The number of amides is 3. The van der Waals surface area contributed by atoms with Crippen molar-refractivity contribution in [3.05, 3.63) is 64.9 Å². The smallest absolute Gasteiger partial charge is 0.444 e. The fourth-order valence-corrected chi connectivity index (χ4v) is 5.92. The third kappa shape index (κ3) is 10.1. The van der Waals surface area contributed by atoms with Crippen LogP contribution in [0.5, 0.6) is 5.75 Å². The molecule has 4 rings (SSSR count). The van der Waals surface area contributed by atoms with Gasteiger partial charge in [-0.2, -0.15) is 0 Å². The van der Waals surface area contributed by atoms with Gasteiger partial charge in [-0.05, 0) is 71.4 Å². The number of para-hydroxylation sites is 1. The van der Waals surface area contributed by atoms with Crippen LogP contribution < -0.4 is 4.74 Å². The van der Waals surface area contributed by atoms with Gasteiger partial charge in [-0.25, -0.2) is 14.0 Å². The molecule has 2 aliphatic heterocycles. The van der Waals surface area contributed by atoms with E-state index in [1.165, 1.54) is 17.0 Å². The highest BCUT2D eigenvalue weighted by Crippen LogP contribution is 2.25. The maximum atomic E-state index is 14.3. The number of hydrogen-bond donors (Lipinski definition) is 0. The maximum Gasteiger partial charge on any atom is 0.513 e. The largest absolute Gasteiger partial charge is 0.513 e. The Hall–Kier alpha value is -3.90. The summed E-state index contributed by atoms with van der Waals surface area (Å²) < 4.78 is 30.4. The van der Waals surface area contributed by atoms with E-state index in [1.807, 2.05) is 0 Å². The molecule has 2 heterocycles. The van der Waals surface area contributed by atoms with E-state index in [4.69, 9.17) is 25.8 Å². The number of benzene rings is 2. The van der Waals surface area contributed by atoms with Crippen LogP contribution in [0, 0.1) is 5.82 Å². The molecule has 2 aromatic carbocycles. The van der Waals surface area contributed by atoms with E-state index in [-0.39, 0.29) is 61.5 Å². The van der Waals surface area contributed by atoms with E-state index in [0.717, 1.165) is 0 Å². The van der Waals surface area contributed by atoms with Crippen molar-refractivity contribution < 1.29 is 37.8 Å². The van der Waals surface area contributed by atoms with Gasteiger partial charge in [0, 0.05) is 51.2 Å². The quantitative estimate of drug-likeness (QED) is 0.282. The Kier molecular flexibility index (Phi) is 12.0. The molecule has 0 aliphatic carbocycles. The van der Waals surface area contributed by atoms with Crippen LogP contribution in [0.15, 0.2) is 48.5 Å². The van der Waals surface area contributed by atoms with E-state index in [1.54, 1.807) is 67.0 Å². The molecule has 0 aromatic heterocycles. The third-order valence-corrected chi connectivity index (χ3v) is 8.62. The van der Waals surface area contributed by atoms with Crippen molar-refractivity contribution in [1.82, 2.24) is 19.6 Å². The predicted molar refractivity (Wildman–Crippen MR) is 178 cm³/mol. The molecule has 3 amide bonds. The SMILES string of the molecule is CC(C)(C)OC(=O)N1CCN(C(C)(C)C)CC1C(=O)N1CCN(C(=O)Cc2ccc(Cl)c(F)c2)C(CCOC(=O)Oc2ccccc2)C1. The highest BCUT2D eigenvalue weighted by Gasteiger charge is 2.43. The zero-order valence-electron chi connectivity index (χ0n) is 28.5. The van der Waals surface area contributed by atoms with Crippen LogP contribution in [-0.2, 0) is 25.5 Å². The van der Waals surface area contributed by atoms with E-state index >= 15 is 0 Å². The second-order valence-electron chi connectivity index (χ2n) is 14.1. The van der Waals surface area contributed by atoms with E-state index in [9.17, 15) is 23.6 Å². The molecule has 11 nitrogen and oxygen atoms in total. The molecule has 2 aliphatic rings. The summed E-state index contributed by atoms with van der Waals surface area (Å²) >= 11 is 5.83. The Morgan fingerprint density at radius 2 is 1.58 bits per heavy atom. The van der Waals surface area contributed by atoms with Gasteiger partial charge in [0.2, 0.25) is 11.8 Å². The average molecular weight is 689 g/mol. The lowest BCUT2D eigenvalue weighted by molar-refractivity contribution is -0.148. The number of carbonyl (C=O) groups excluding carboxylic acids is 4. The topological polar surface area (TPSA) is 109 Å². The van der Waals surface area contributed by atoms with Gasteiger partial charge in [0.15, 0.2) is 0 Å². The number of rotatable bonds is 7. The molecular formula is C35H46ClFN4O7. The third-order valence-electron chi connectivity index (χ3n) is 8.31. The fraction of sp³-hybridized carbons (Fsp3) is 0.543. The van der Waals surface area contributed by atoms with E-state index in [2.05, 4.69) is 25.7 Å². The first-order chi connectivity index (χ1) is 22.5. The number of halogens is 2. The van der Waals surface area contributed by atoms with Crippen molar-refractivity contribution in [3.63, 3.8) is 0 Å². The lowest BCUT2D eigenvalue weighted by Gasteiger charge is -2.48. The number of ether oxygens (including phenoxy) is 3. The Bertz CT molecular complexity index is 1460. The Morgan fingerprint density at radius 1 is 0.896 bits per heavy atom. The molecule has 13 heteroatoms. The van der Waals surface area contributed by atoms with Crippen LogP contribution in [0.3, 0.4) is 0 Å². The molecule has 262 valence electrons. The minimum atomic E-state index is -0.892. The number of nitrogens with zero attached hydrogens (tertiary/aromatic N) is 4. The number of carbonyl (C=O) groups is 4. The van der Waals surface area contributed by atoms with Crippen molar-refractivity contribution in [1.29, 1.82) is 0 Å². The minimum Gasteiger partial charge on any atom is -0.444 e. The van der Waals surface area contributed by atoms with Crippen LogP contribution in [0.1, 0.15) is 53.5 Å². The highest BCUT2D eigenvalue weighted by molar-refractivity contribution is 6.30. The van der Waals surface area contributed by atoms with Crippen molar-refractivity contribution in [3.8, 4) is 5.75 Å². The second-order valence-corrected chi connectivity index (χ2v) is 14.5. The molecule has 0 radical (unpaired) electrons. The summed E-state index contributed by atoms with van der Waals surface area (Å²) in [6, 6.07) is 11.4. The standard InChI is InChI=1S/C35H46ClFN4O7/c1-34(2,3)39-16-18-41(32(44)48-35(4,5)6)29(23-39)31(43)38-15-17-40(30(42)21-24-12-13-27(36)28(37)20-24)25(22-38)14-19-46-33(45)47-26-10-8-7-9-11-26/h7-13,20,25,29H,14-19,21-23H2,1-6H3. The summed E-state index contributed by atoms with van der Waals surface area (Å²) in [5, 5.41) is -0.0381. The molecule has 48 heavy (non-hydrogen) atoms. The van der Waals surface area contributed by atoms with Gasteiger partial charge in [-0.15, -0.1) is 0 Å². The summed E-state index contributed by atoms with van der Waals surface area (Å²) in [6.07, 6.45) is -1.31. The van der Waals surface area contributed by atoms with Crippen LogP contribution in [-0.4, -0.2) is 113 Å². The molecule has 2 unspecified atom stereocenters. The normalized spacial score (nSPS) is 19.1. The van der Waals surface area contributed by atoms with Gasteiger partial charge in [-0.3, -0.25) is 19.4 Å². The molecule has 2 atom stereocenters. The first kappa shape index (κ1) is 36.9. The predicted octanol–water partition coefficient (Wildman–Crippen LogP) is 5.39. The average Bonchev–Trinajstić information content (AvgIpc) is 3.01. The van der Waals surface area contributed by atoms with Crippen LogP contribution in [0.25, 0.3) is 0 Å². The summed E-state index contributed by atoms with van der Waals surface area (Å²) in [5.74, 6) is -0.815. The van der Waals surface area contributed by atoms with Gasteiger partial charge < -0.3 is 24.0 Å². The van der Waals surface area contributed by atoms with Crippen molar-refractivity contribution in [2.75, 3.05) is 45.9 Å².